The van der Waals surface area contributed by atoms with E-state index in [0.29, 0.717) is 6.54 Å². The largest absolute Gasteiger partial charge is 0.322 e. The van der Waals surface area contributed by atoms with Gasteiger partial charge in [-0.2, -0.15) is 0 Å². The summed E-state index contributed by atoms with van der Waals surface area (Å²) in [6, 6.07) is 26.8. The minimum Gasteiger partial charge on any atom is -0.318 e. The van der Waals surface area contributed by atoms with Crippen LogP contribution < -0.4 is 5.32 Å². The third kappa shape index (κ3) is 3.69. The molecule has 0 unspecified atom stereocenters. The number of aromatic nitrogens is 1. The van der Waals surface area contributed by atoms with E-state index in [2.05, 4.69) is 83.7 Å². The first-order valence-corrected chi connectivity index (χ1v) is 11.0. The molecule has 4 heteroatoms. The van der Waals surface area contributed by atoms with Crippen molar-refractivity contribution in [2.75, 3.05) is 5.32 Å². The molecule has 0 spiro atoms. The van der Waals surface area contributed by atoms with E-state index in [1.54, 1.807) is 0 Å². The summed E-state index contributed by atoms with van der Waals surface area (Å²) in [5.41, 5.74) is 8.70. The van der Waals surface area contributed by atoms with Crippen LogP contribution in [-0.4, -0.2) is 15.5 Å². The average Bonchev–Trinajstić information content (AvgIpc) is 3.18. The number of nitrogens with one attached hydrogen (secondary N) is 1. The van der Waals surface area contributed by atoms with E-state index in [1.165, 1.54) is 5.56 Å². The van der Waals surface area contributed by atoms with E-state index in [1.807, 2.05) is 36.9 Å². The summed E-state index contributed by atoms with van der Waals surface area (Å²) in [7, 11) is 0. The second-order valence-electron chi connectivity index (χ2n) is 8.68. The first-order chi connectivity index (χ1) is 15.5. The highest BCUT2D eigenvalue weighted by atomic mass is 16.2. The van der Waals surface area contributed by atoms with E-state index >= 15 is 0 Å². The maximum absolute atomic E-state index is 13.7. The van der Waals surface area contributed by atoms with Crippen molar-refractivity contribution >= 4 is 11.7 Å². The summed E-state index contributed by atoms with van der Waals surface area (Å²) in [6.45, 7) is 6.70. The molecule has 160 valence electrons. The van der Waals surface area contributed by atoms with Gasteiger partial charge in [-0.05, 0) is 73.4 Å². The van der Waals surface area contributed by atoms with Crippen molar-refractivity contribution in [2.45, 2.75) is 33.4 Å². The monoisotopic (exact) mass is 421 g/mol. The van der Waals surface area contributed by atoms with Crippen molar-refractivity contribution in [3.63, 3.8) is 0 Å². The maximum atomic E-state index is 13.7. The Bertz CT molecular complexity index is 1270. The SMILES string of the molecule is Cc1ccc([C@@H]2c3cccn3-c3ccccc3CN2C(=O)Nc2cc(C)cc(C)c2)cc1. The summed E-state index contributed by atoms with van der Waals surface area (Å²) in [5.74, 6) is 0. The van der Waals surface area contributed by atoms with Gasteiger partial charge in [0.05, 0.1) is 18.3 Å². The number of benzene rings is 3. The number of aryl methyl sites for hydroxylation is 3. The molecule has 0 bridgehead atoms. The van der Waals surface area contributed by atoms with Gasteiger partial charge >= 0.3 is 6.03 Å². The highest BCUT2D eigenvalue weighted by Crippen LogP contribution is 2.37. The van der Waals surface area contributed by atoms with Gasteiger partial charge in [-0.25, -0.2) is 4.79 Å². The fourth-order valence-corrected chi connectivity index (χ4v) is 4.68. The molecule has 1 atom stereocenters. The molecular formula is C28H27N3O. The minimum absolute atomic E-state index is 0.106. The molecule has 32 heavy (non-hydrogen) atoms. The fraction of sp³-hybridized carbons (Fsp3) is 0.179. The van der Waals surface area contributed by atoms with Gasteiger partial charge in [0, 0.05) is 17.6 Å². The molecule has 0 fully saturated rings. The Labute approximate surface area is 189 Å². The van der Waals surface area contributed by atoms with Gasteiger partial charge in [0.2, 0.25) is 0 Å². The van der Waals surface area contributed by atoms with Gasteiger partial charge in [-0.1, -0.05) is 54.1 Å². The molecule has 1 aliphatic rings. The molecule has 2 amide bonds. The van der Waals surface area contributed by atoms with Gasteiger partial charge in [0.1, 0.15) is 0 Å². The maximum Gasteiger partial charge on any atom is 0.322 e. The number of fused-ring (bicyclic) bond motifs is 3. The predicted molar refractivity (Wildman–Crippen MR) is 129 cm³/mol. The van der Waals surface area contributed by atoms with Crippen LogP contribution >= 0.6 is 0 Å². The first-order valence-electron chi connectivity index (χ1n) is 11.0. The normalized spacial score (nSPS) is 15.0. The van der Waals surface area contributed by atoms with Crippen molar-refractivity contribution in [1.82, 2.24) is 9.47 Å². The summed E-state index contributed by atoms with van der Waals surface area (Å²) in [4.78, 5) is 15.7. The number of urea groups is 1. The van der Waals surface area contributed by atoms with E-state index < -0.39 is 0 Å². The number of para-hydroxylation sites is 1. The second kappa shape index (κ2) is 8.04. The molecule has 0 radical (unpaired) electrons. The molecule has 3 aromatic carbocycles. The number of anilines is 1. The lowest BCUT2D eigenvalue weighted by molar-refractivity contribution is 0.194. The van der Waals surface area contributed by atoms with Gasteiger partial charge in [0.25, 0.3) is 0 Å². The van der Waals surface area contributed by atoms with E-state index in [0.717, 1.165) is 39.3 Å². The molecule has 0 saturated carbocycles. The highest BCUT2D eigenvalue weighted by molar-refractivity contribution is 5.90. The number of carbonyl (C=O) groups excluding carboxylic acids is 1. The Morgan fingerprint density at radius 2 is 1.56 bits per heavy atom. The van der Waals surface area contributed by atoms with Gasteiger partial charge < -0.3 is 14.8 Å². The quantitative estimate of drug-likeness (QED) is 0.392. The summed E-state index contributed by atoms with van der Waals surface area (Å²) >= 11 is 0. The van der Waals surface area contributed by atoms with Crippen molar-refractivity contribution < 1.29 is 4.79 Å². The Balaban J connectivity index is 1.62. The standard InChI is InChI=1S/C28H27N3O/c1-19-10-12-22(13-11-19)27-26-9-6-14-30(26)25-8-5-4-7-23(25)18-31(27)28(32)29-24-16-20(2)15-21(3)17-24/h4-17,27H,18H2,1-3H3,(H,29,32)/t27-/m1/s1. The number of nitrogens with zero attached hydrogens (tertiary/aromatic N) is 2. The zero-order chi connectivity index (χ0) is 22.2. The first kappa shape index (κ1) is 20.1. The molecule has 1 N–H and O–H groups in total. The van der Waals surface area contributed by atoms with Crippen LogP contribution in [0.3, 0.4) is 0 Å². The Morgan fingerprint density at radius 1 is 0.844 bits per heavy atom. The molecule has 2 heterocycles. The van der Waals surface area contributed by atoms with Gasteiger partial charge in [0.15, 0.2) is 0 Å². The Morgan fingerprint density at radius 3 is 2.31 bits per heavy atom. The summed E-state index contributed by atoms with van der Waals surface area (Å²) in [5, 5.41) is 3.16. The predicted octanol–water partition coefficient (Wildman–Crippen LogP) is 6.54. The van der Waals surface area contributed by atoms with Crippen molar-refractivity contribution in [3.8, 4) is 5.69 Å². The topological polar surface area (TPSA) is 37.3 Å². The van der Waals surface area contributed by atoms with Crippen molar-refractivity contribution in [1.29, 1.82) is 0 Å². The minimum atomic E-state index is -0.205. The molecule has 4 nitrogen and oxygen atoms in total. The zero-order valence-corrected chi connectivity index (χ0v) is 18.7. The zero-order valence-electron chi connectivity index (χ0n) is 18.7. The van der Waals surface area contributed by atoms with Crippen LogP contribution in [0, 0.1) is 20.8 Å². The Kier molecular flexibility index (Phi) is 5.06. The third-order valence-corrected chi connectivity index (χ3v) is 6.09. The summed E-state index contributed by atoms with van der Waals surface area (Å²) in [6.07, 6.45) is 2.08. The van der Waals surface area contributed by atoms with Crippen molar-refractivity contribution in [3.05, 3.63) is 119 Å². The van der Waals surface area contributed by atoms with Crippen LogP contribution in [0.2, 0.25) is 0 Å². The van der Waals surface area contributed by atoms with E-state index in [9.17, 15) is 4.79 Å². The van der Waals surface area contributed by atoms with Crippen LogP contribution in [0.5, 0.6) is 0 Å². The number of hydrogen-bond acceptors (Lipinski definition) is 1. The lowest BCUT2D eigenvalue weighted by atomic mass is 10.0. The van der Waals surface area contributed by atoms with Crippen LogP contribution in [0.4, 0.5) is 10.5 Å². The molecule has 1 aromatic heterocycles. The molecule has 1 aliphatic heterocycles. The molecule has 5 rings (SSSR count). The fourth-order valence-electron chi connectivity index (χ4n) is 4.68. The number of amides is 2. The highest BCUT2D eigenvalue weighted by Gasteiger charge is 2.33. The third-order valence-electron chi connectivity index (χ3n) is 6.09. The van der Waals surface area contributed by atoms with Gasteiger partial charge in [-0.3, -0.25) is 0 Å². The molecule has 0 saturated heterocycles. The molecule has 0 aliphatic carbocycles. The van der Waals surface area contributed by atoms with Crippen molar-refractivity contribution in [2.24, 2.45) is 0 Å². The van der Waals surface area contributed by atoms with Crippen LogP contribution in [0.1, 0.15) is 39.6 Å². The van der Waals surface area contributed by atoms with E-state index in [4.69, 9.17) is 0 Å². The number of carbonyl (C=O) groups is 1. The van der Waals surface area contributed by atoms with E-state index in [-0.39, 0.29) is 12.1 Å². The van der Waals surface area contributed by atoms with Gasteiger partial charge in [-0.15, -0.1) is 0 Å². The number of rotatable bonds is 2. The van der Waals surface area contributed by atoms with Crippen LogP contribution in [0.15, 0.2) is 85.1 Å². The second-order valence-corrected chi connectivity index (χ2v) is 8.68. The molecular weight excluding hydrogens is 394 g/mol. The number of hydrogen-bond donors (Lipinski definition) is 1. The Hall–Kier alpha value is -3.79. The summed E-state index contributed by atoms with van der Waals surface area (Å²) < 4.78 is 2.21. The van der Waals surface area contributed by atoms with Crippen LogP contribution in [0.25, 0.3) is 5.69 Å². The lowest BCUT2D eigenvalue weighted by Crippen LogP contribution is -2.38. The average molecular weight is 422 g/mol. The van der Waals surface area contributed by atoms with Crippen LogP contribution in [-0.2, 0) is 6.54 Å². The molecule has 4 aromatic rings. The smallest absolute Gasteiger partial charge is 0.318 e. The lowest BCUT2D eigenvalue weighted by Gasteiger charge is -2.31.